The molecule has 1 unspecified atom stereocenters. The van der Waals surface area contributed by atoms with Gasteiger partial charge in [-0.15, -0.1) is 11.3 Å². The standard InChI is InChI=1S/C20H20N4O7S2/c1-4-30-18(26)16-11(3)22-19(27)23-14(16)8-31-17(25)13-7-12(24(28)29)5-6-15(13)33-20-21-10(2)9-32-20/h5-7,9,11H,4,8H2,1-3H3,(H2,22,23,27). The number of hydrogen-bond donors (Lipinski definition) is 2. The number of nitrogens with zero attached hydrogens (tertiary/aromatic N) is 2. The fourth-order valence-electron chi connectivity index (χ4n) is 2.96. The number of carbonyl (C=O) groups is 3. The highest BCUT2D eigenvalue weighted by molar-refractivity contribution is 8.01. The Balaban J connectivity index is 1.88. The molecule has 0 bridgehead atoms. The molecule has 2 aromatic rings. The van der Waals surface area contributed by atoms with Gasteiger partial charge in [0, 0.05) is 28.1 Å². The van der Waals surface area contributed by atoms with Crippen LogP contribution in [0.25, 0.3) is 0 Å². The van der Waals surface area contributed by atoms with Crippen LogP contribution in [0.15, 0.2) is 44.1 Å². The van der Waals surface area contributed by atoms with Crippen LogP contribution >= 0.6 is 23.1 Å². The van der Waals surface area contributed by atoms with Crippen LogP contribution in [0.3, 0.4) is 0 Å². The molecule has 0 radical (unpaired) electrons. The number of benzene rings is 1. The van der Waals surface area contributed by atoms with E-state index >= 15 is 0 Å². The number of ether oxygens (including phenoxy) is 2. The maximum Gasteiger partial charge on any atom is 0.339 e. The second kappa shape index (κ2) is 10.4. The second-order valence-corrected chi connectivity index (χ2v) is 8.95. The number of aromatic nitrogens is 1. The van der Waals surface area contributed by atoms with Crippen LogP contribution in [0.2, 0.25) is 0 Å². The third-order valence-electron chi connectivity index (χ3n) is 4.40. The first-order chi connectivity index (χ1) is 15.7. The van der Waals surface area contributed by atoms with Crippen molar-refractivity contribution in [3.8, 4) is 0 Å². The van der Waals surface area contributed by atoms with E-state index in [4.69, 9.17) is 9.47 Å². The first-order valence-corrected chi connectivity index (χ1v) is 11.4. The molecule has 0 saturated heterocycles. The third kappa shape index (κ3) is 5.87. The summed E-state index contributed by atoms with van der Waals surface area (Å²) < 4.78 is 11.0. The molecule has 13 heteroatoms. The number of esters is 2. The van der Waals surface area contributed by atoms with Gasteiger partial charge < -0.3 is 20.1 Å². The van der Waals surface area contributed by atoms with E-state index in [2.05, 4.69) is 15.6 Å². The van der Waals surface area contributed by atoms with E-state index < -0.39 is 35.5 Å². The van der Waals surface area contributed by atoms with Crippen LogP contribution in [-0.2, 0) is 14.3 Å². The first-order valence-electron chi connectivity index (χ1n) is 9.72. The Morgan fingerprint density at radius 3 is 2.70 bits per heavy atom. The molecule has 33 heavy (non-hydrogen) atoms. The first kappa shape index (κ1) is 24.2. The molecule has 11 nitrogen and oxygen atoms in total. The molecule has 2 amide bonds. The molecule has 1 atom stereocenters. The predicted octanol–water partition coefficient (Wildman–Crippen LogP) is 3.19. The van der Waals surface area contributed by atoms with Crippen molar-refractivity contribution >= 4 is 46.8 Å². The Morgan fingerprint density at radius 1 is 1.30 bits per heavy atom. The van der Waals surface area contributed by atoms with Crippen LogP contribution in [0, 0.1) is 17.0 Å². The summed E-state index contributed by atoms with van der Waals surface area (Å²) >= 11 is 2.55. The van der Waals surface area contributed by atoms with Crippen LogP contribution in [0.5, 0.6) is 0 Å². The summed E-state index contributed by atoms with van der Waals surface area (Å²) in [6.07, 6.45) is 0. The fraction of sp³-hybridized carbons (Fsp3) is 0.300. The quantitative estimate of drug-likeness (QED) is 0.322. The van der Waals surface area contributed by atoms with Crippen LogP contribution in [0.1, 0.15) is 29.9 Å². The van der Waals surface area contributed by atoms with Gasteiger partial charge in [0.05, 0.1) is 34.4 Å². The molecule has 0 aliphatic carbocycles. The number of carbonyl (C=O) groups excluding carboxylic acids is 3. The van der Waals surface area contributed by atoms with Gasteiger partial charge in [-0.1, -0.05) is 11.8 Å². The molecule has 1 aromatic heterocycles. The highest BCUT2D eigenvalue weighted by Gasteiger charge is 2.30. The zero-order valence-electron chi connectivity index (χ0n) is 17.9. The monoisotopic (exact) mass is 492 g/mol. The lowest BCUT2D eigenvalue weighted by Crippen LogP contribution is -2.50. The summed E-state index contributed by atoms with van der Waals surface area (Å²) in [5, 5.41) is 18.1. The zero-order valence-corrected chi connectivity index (χ0v) is 19.5. The van der Waals surface area contributed by atoms with Gasteiger partial charge in [0.25, 0.3) is 5.69 Å². The lowest BCUT2D eigenvalue weighted by atomic mass is 10.0. The molecule has 1 aromatic carbocycles. The number of hydrogen-bond acceptors (Lipinski definition) is 10. The Hall–Kier alpha value is -3.45. The molecular weight excluding hydrogens is 472 g/mol. The van der Waals surface area contributed by atoms with E-state index in [1.54, 1.807) is 13.8 Å². The lowest BCUT2D eigenvalue weighted by Gasteiger charge is -2.26. The molecule has 2 heterocycles. The molecule has 3 rings (SSSR count). The number of urea groups is 1. The predicted molar refractivity (Wildman–Crippen MR) is 119 cm³/mol. The molecule has 0 saturated carbocycles. The SMILES string of the molecule is CCOC(=O)C1=C(COC(=O)c2cc([N+](=O)[O-])ccc2Sc2nc(C)cs2)NC(=O)NC1C. The van der Waals surface area contributed by atoms with Crippen molar-refractivity contribution in [2.24, 2.45) is 0 Å². The number of non-ortho nitro benzene ring substituents is 1. The fourth-order valence-corrected chi connectivity index (χ4v) is 4.86. The van der Waals surface area contributed by atoms with Gasteiger partial charge in [-0.3, -0.25) is 10.1 Å². The summed E-state index contributed by atoms with van der Waals surface area (Å²) in [6, 6.07) is 2.63. The van der Waals surface area contributed by atoms with Gasteiger partial charge in [0.15, 0.2) is 4.34 Å². The summed E-state index contributed by atoms with van der Waals surface area (Å²) in [5.41, 5.74) is 0.692. The van der Waals surface area contributed by atoms with E-state index in [1.165, 1.54) is 35.2 Å². The van der Waals surface area contributed by atoms with Crippen LogP contribution in [0.4, 0.5) is 10.5 Å². The van der Waals surface area contributed by atoms with Gasteiger partial charge in [-0.05, 0) is 26.8 Å². The van der Waals surface area contributed by atoms with Crippen molar-refractivity contribution in [1.29, 1.82) is 0 Å². The number of rotatable bonds is 8. The highest BCUT2D eigenvalue weighted by Crippen LogP contribution is 2.34. The van der Waals surface area contributed by atoms with Gasteiger partial charge in [0.2, 0.25) is 0 Å². The second-order valence-electron chi connectivity index (χ2n) is 6.80. The minimum Gasteiger partial charge on any atom is -0.463 e. The minimum absolute atomic E-state index is 0.0337. The zero-order chi connectivity index (χ0) is 24.1. The smallest absolute Gasteiger partial charge is 0.339 e. The maximum absolute atomic E-state index is 12.9. The number of nitrogens with one attached hydrogen (secondary N) is 2. The van der Waals surface area contributed by atoms with E-state index in [9.17, 15) is 24.5 Å². The molecule has 1 aliphatic rings. The van der Waals surface area contributed by atoms with Crippen molar-refractivity contribution in [3.63, 3.8) is 0 Å². The van der Waals surface area contributed by atoms with Gasteiger partial charge in [-0.25, -0.2) is 19.4 Å². The van der Waals surface area contributed by atoms with Crippen molar-refractivity contribution in [2.75, 3.05) is 13.2 Å². The Morgan fingerprint density at radius 2 is 2.06 bits per heavy atom. The van der Waals surface area contributed by atoms with Gasteiger partial charge >= 0.3 is 18.0 Å². The molecule has 0 spiro atoms. The Kier molecular flexibility index (Phi) is 7.66. The number of thiazole rings is 1. The van der Waals surface area contributed by atoms with E-state index in [1.807, 2.05) is 12.3 Å². The molecule has 1 aliphatic heterocycles. The number of nitro groups is 1. The number of nitro benzene ring substituents is 1. The molecule has 0 fully saturated rings. The van der Waals surface area contributed by atoms with Crippen molar-refractivity contribution in [1.82, 2.24) is 15.6 Å². The maximum atomic E-state index is 12.9. The summed E-state index contributed by atoms with van der Waals surface area (Å²) in [6.45, 7) is 4.75. The largest absolute Gasteiger partial charge is 0.463 e. The average molecular weight is 493 g/mol. The summed E-state index contributed by atoms with van der Waals surface area (Å²) in [7, 11) is 0. The van der Waals surface area contributed by atoms with Crippen LogP contribution < -0.4 is 10.6 Å². The van der Waals surface area contributed by atoms with E-state index in [-0.39, 0.29) is 29.1 Å². The minimum atomic E-state index is -0.856. The van der Waals surface area contributed by atoms with Crippen molar-refractivity contribution < 1.29 is 28.8 Å². The summed E-state index contributed by atoms with van der Waals surface area (Å²) in [5.74, 6) is -1.51. The van der Waals surface area contributed by atoms with Crippen molar-refractivity contribution in [3.05, 3.63) is 56.2 Å². The van der Waals surface area contributed by atoms with E-state index in [0.29, 0.717) is 9.24 Å². The highest BCUT2D eigenvalue weighted by atomic mass is 32.2. The summed E-state index contributed by atoms with van der Waals surface area (Å²) in [4.78, 5) is 52.5. The molecular formula is C20H20N4O7S2. The molecule has 2 N–H and O–H groups in total. The molecule has 174 valence electrons. The van der Waals surface area contributed by atoms with E-state index in [0.717, 1.165) is 11.8 Å². The Bertz CT molecular complexity index is 1150. The third-order valence-corrected chi connectivity index (χ3v) is 6.53. The van der Waals surface area contributed by atoms with Crippen molar-refractivity contribution in [2.45, 2.75) is 36.0 Å². The normalized spacial score (nSPS) is 15.5. The number of amides is 2. The topological polar surface area (TPSA) is 150 Å². The number of aryl methyl sites for hydroxylation is 1. The lowest BCUT2D eigenvalue weighted by molar-refractivity contribution is -0.384. The Labute approximate surface area is 196 Å². The van der Waals surface area contributed by atoms with Gasteiger partial charge in [-0.2, -0.15) is 0 Å². The van der Waals surface area contributed by atoms with Crippen LogP contribution in [-0.4, -0.2) is 47.1 Å². The van der Waals surface area contributed by atoms with Gasteiger partial charge in [0.1, 0.15) is 6.61 Å². The average Bonchev–Trinajstić information content (AvgIpc) is 3.16.